The Morgan fingerprint density at radius 2 is 1.08 bits per heavy atom. The van der Waals surface area contributed by atoms with Crippen molar-refractivity contribution in [1.29, 1.82) is 0 Å². The zero-order chi connectivity index (χ0) is 55.0. The summed E-state index contributed by atoms with van der Waals surface area (Å²) in [4.78, 5) is 9.99. The van der Waals surface area contributed by atoms with Gasteiger partial charge in [-0.15, -0.1) is 5.11 Å². The van der Waals surface area contributed by atoms with E-state index in [9.17, 15) is 44.3 Å². The van der Waals surface area contributed by atoms with E-state index in [0.717, 1.165) is 34.4 Å². The minimum atomic E-state index is -4.79. The maximum absolute atomic E-state index is 12.5. The Hall–Kier alpha value is -8.32. The summed E-state index contributed by atoms with van der Waals surface area (Å²) in [5.41, 5.74) is 8.42. The SMILES string of the molecule is CNc1ccc2c(OCCCS(=O)(=O)O)cc(S(=O)(=O)O)cc2c1.Cc1cc(N=Nc2cc(C)c(N=Nc3c(S(=O)(=O)O)cc4cc(Nc5ccccc5)ccc4c3O)cc2C)c(C)cc1N=Nc1ccc(C=O)cc1. The molecule has 0 amide bonds. The van der Waals surface area contributed by atoms with Crippen LogP contribution in [0.25, 0.3) is 21.5 Å². The molecule has 0 heterocycles. The van der Waals surface area contributed by atoms with E-state index in [0.29, 0.717) is 66.8 Å². The van der Waals surface area contributed by atoms with Gasteiger partial charge >= 0.3 is 0 Å². The first-order chi connectivity index (χ1) is 36.0. The Morgan fingerprint density at radius 3 is 1.62 bits per heavy atom. The highest BCUT2D eigenvalue weighted by Crippen LogP contribution is 2.43. The van der Waals surface area contributed by atoms with Crippen molar-refractivity contribution in [2.24, 2.45) is 30.7 Å². The molecule has 0 aromatic heterocycles. The minimum absolute atomic E-state index is 0.0328. The molecule has 0 fully saturated rings. The summed E-state index contributed by atoms with van der Waals surface area (Å²) in [7, 11) is -11.6. The molecule has 0 saturated carbocycles. The number of hydrogen-bond acceptors (Lipinski definition) is 17. The first-order valence-electron chi connectivity index (χ1n) is 22.9. The summed E-state index contributed by atoms with van der Waals surface area (Å²) in [6, 6.07) is 37.4. The van der Waals surface area contributed by atoms with E-state index in [2.05, 4.69) is 41.3 Å². The van der Waals surface area contributed by atoms with E-state index < -0.39 is 46.8 Å². The predicted molar refractivity (Wildman–Crippen MR) is 291 cm³/mol. The molecule has 392 valence electrons. The molecule has 8 aromatic carbocycles. The number of para-hydroxylation sites is 1. The second kappa shape index (κ2) is 23.5. The van der Waals surface area contributed by atoms with Crippen molar-refractivity contribution < 1.29 is 53.5 Å². The number of aryl methyl sites for hydroxylation is 4. The first-order valence-corrected chi connectivity index (χ1v) is 27.4. The summed E-state index contributed by atoms with van der Waals surface area (Å²) in [5, 5.41) is 45.1. The van der Waals surface area contributed by atoms with E-state index in [1.165, 1.54) is 18.2 Å². The maximum atomic E-state index is 12.5. The first kappa shape index (κ1) is 55.4. The van der Waals surface area contributed by atoms with Crippen molar-refractivity contribution in [1.82, 2.24) is 0 Å². The van der Waals surface area contributed by atoms with E-state index in [1.807, 2.05) is 63.2 Å². The average Bonchev–Trinajstić information content (AvgIpc) is 3.39. The molecule has 0 atom stereocenters. The van der Waals surface area contributed by atoms with Gasteiger partial charge in [-0.25, -0.2) is 0 Å². The van der Waals surface area contributed by atoms with Crippen molar-refractivity contribution >= 4 is 109 Å². The standard InChI is InChI=1S/C39H33N7O5S.C14H17NO7S2/c1-23-17-34(24(2)16-33(23)42-41-30-12-10-27(22-47)11-13-30)43-44-35-18-26(4)36(19-25(35)3)45-46-38-37(52(49,50)51)21-28-20-31(14-15-32(28)39(38)48)40-29-8-6-5-7-9-29;1-15-11-3-4-13-10(7-11)8-12(24(19,20)21)9-14(13)22-5-2-6-23(16,17)18/h5-22,40,48H,1-4H3,(H,49,50,51);3-4,7-9,15H,2,5-6H2,1H3,(H,16,17,18)(H,19,20,21). The number of anilines is 3. The number of nitrogens with one attached hydrogen (secondary N) is 2. The van der Waals surface area contributed by atoms with Gasteiger partial charge in [0, 0.05) is 46.5 Å². The van der Waals surface area contributed by atoms with Gasteiger partial charge in [-0.05, 0) is 176 Å². The quantitative estimate of drug-likeness (QED) is 0.0214. The number of azo groups is 3. The summed E-state index contributed by atoms with van der Waals surface area (Å²) in [6.07, 6.45) is 0.805. The van der Waals surface area contributed by atoms with Crippen LogP contribution in [0.2, 0.25) is 0 Å². The fourth-order valence-electron chi connectivity index (χ4n) is 7.51. The van der Waals surface area contributed by atoms with Crippen LogP contribution in [0.15, 0.2) is 174 Å². The van der Waals surface area contributed by atoms with Crippen LogP contribution >= 0.6 is 0 Å². The van der Waals surface area contributed by atoms with Gasteiger partial charge in [0.2, 0.25) is 0 Å². The number of hydrogen-bond donors (Lipinski definition) is 6. The van der Waals surface area contributed by atoms with Crippen molar-refractivity contribution in [3.05, 3.63) is 161 Å². The summed E-state index contributed by atoms with van der Waals surface area (Å²) in [5.74, 6) is -0.711. The van der Waals surface area contributed by atoms with Gasteiger partial charge in [0.25, 0.3) is 30.4 Å². The Balaban J connectivity index is 0.000000293. The number of carbonyl (C=O) groups excluding carboxylic acids is 1. The fraction of sp³-hybridized carbons (Fsp3) is 0.151. The molecule has 8 rings (SSSR count). The van der Waals surface area contributed by atoms with Crippen LogP contribution in [0.4, 0.5) is 51.2 Å². The number of nitrogens with zero attached hydrogens (tertiary/aromatic N) is 6. The lowest BCUT2D eigenvalue weighted by molar-refractivity contribution is 0.112. The number of benzene rings is 8. The molecule has 0 bridgehead atoms. The van der Waals surface area contributed by atoms with E-state index in [1.54, 1.807) is 86.8 Å². The van der Waals surface area contributed by atoms with E-state index >= 15 is 0 Å². The summed E-state index contributed by atoms with van der Waals surface area (Å²) >= 11 is 0. The number of fused-ring (bicyclic) bond motifs is 2. The number of aromatic hydroxyl groups is 1. The van der Waals surface area contributed by atoms with Crippen molar-refractivity contribution in [3.63, 3.8) is 0 Å². The average molecular weight is 1090 g/mol. The number of carbonyl (C=O) groups is 1. The molecule has 0 unspecified atom stereocenters. The smallest absolute Gasteiger partial charge is 0.296 e. The fourth-order valence-corrected chi connectivity index (χ4v) is 9.18. The molecule has 0 spiro atoms. The van der Waals surface area contributed by atoms with Gasteiger partial charge in [0.15, 0.2) is 5.75 Å². The molecule has 0 aliphatic rings. The van der Waals surface area contributed by atoms with Gasteiger partial charge in [-0.3, -0.25) is 18.5 Å². The molecule has 20 nitrogen and oxygen atoms in total. The molecule has 0 radical (unpaired) electrons. The molecule has 6 N–H and O–H groups in total. The summed E-state index contributed by atoms with van der Waals surface area (Å²) < 4.78 is 103. The van der Waals surface area contributed by atoms with Gasteiger partial charge in [0.1, 0.15) is 22.6 Å². The van der Waals surface area contributed by atoms with Crippen LogP contribution in [0.1, 0.15) is 39.0 Å². The Labute approximate surface area is 438 Å². The van der Waals surface area contributed by atoms with Crippen LogP contribution in [0, 0.1) is 27.7 Å². The van der Waals surface area contributed by atoms with Gasteiger partial charge in [0.05, 0.1) is 45.7 Å². The lowest BCUT2D eigenvalue weighted by Crippen LogP contribution is -2.09. The highest BCUT2D eigenvalue weighted by atomic mass is 32.2. The highest BCUT2D eigenvalue weighted by molar-refractivity contribution is 7.86. The number of ether oxygens (including phenoxy) is 1. The molecule has 0 saturated heterocycles. The van der Waals surface area contributed by atoms with Crippen molar-refractivity contribution in [3.8, 4) is 11.5 Å². The lowest BCUT2D eigenvalue weighted by Gasteiger charge is -2.12. The second-order valence-electron chi connectivity index (χ2n) is 17.2. The van der Waals surface area contributed by atoms with Gasteiger partial charge in [-0.2, -0.15) is 50.8 Å². The highest BCUT2D eigenvalue weighted by Gasteiger charge is 2.23. The molecular formula is C53H50N8O12S3. The maximum Gasteiger partial charge on any atom is 0.296 e. The van der Waals surface area contributed by atoms with Gasteiger partial charge < -0.3 is 20.5 Å². The molecule has 76 heavy (non-hydrogen) atoms. The molecule has 8 aromatic rings. The number of phenolic OH excluding ortho intramolecular Hbond substituents is 1. The topological polar surface area (TPSA) is 308 Å². The van der Waals surface area contributed by atoms with Crippen LogP contribution < -0.4 is 15.4 Å². The van der Waals surface area contributed by atoms with E-state index in [-0.39, 0.29) is 29.4 Å². The third-order valence-electron chi connectivity index (χ3n) is 11.5. The largest absolute Gasteiger partial charge is 0.505 e. The van der Waals surface area contributed by atoms with Crippen molar-refractivity contribution in [2.75, 3.05) is 30.0 Å². The van der Waals surface area contributed by atoms with Crippen LogP contribution in [0.5, 0.6) is 11.5 Å². The molecule has 0 aliphatic carbocycles. The monoisotopic (exact) mass is 1090 g/mol. The van der Waals surface area contributed by atoms with Gasteiger partial charge in [-0.1, -0.05) is 18.2 Å². The minimum Gasteiger partial charge on any atom is -0.505 e. The van der Waals surface area contributed by atoms with Crippen LogP contribution in [0.3, 0.4) is 0 Å². The number of phenols is 1. The Bertz CT molecular complexity index is 3950. The van der Waals surface area contributed by atoms with Crippen LogP contribution in [-0.4, -0.2) is 69.7 Å². The normalized spacial score (nSPS) is 12.1. The molecule has 0 aliphatic heterocycles. The van der Waals surface area contributed by atoms with Crippen molar-refractivity contribution in [2.45, 2.75) is 43.9 Å². The van der Waals surface area contributed by atoms with Crippen LogP contribution in [-0.2, 0) is 30.4 Å². The Kier molecular flexibility index (Phi) is 17.1. The zero-order valence-corrected chi connectivity index (χ0v) is 43.8. The molecule has 23 heteroatoms. The zero-order valence-electron chi connectivity index (χ0n) is 41.4. The third-order valence-corrected chi connectivity index (χ3v) is 14.0. The number of rotatable bonds is 17. The number of aldehydes is 1. The second-order valence-corrected chi connectivity index (χ2v) is 21.6. The lowest BCUT2D eigenvalue weighted by atomic mass is 10.1. The predicted octanol–water partition coefficient (Wildman–Crippen LogP) is 13.6. The van der Waals surface area contributed by atoms with E-state index in [4.69, 9.17) is 9.29 Å². The summed E-state index contributed by atoms with van der Waals surface area (Å²) in [6.45, 7) is 7.38. The third kappa shape index (κ3) is 14.3. The molecular weight excluding hydrogens is 1040 g/mol. The Morgan fingerprint density at radius 1 is 0.553 bits per heavy atom.